The van der Waals surface area contributed by atoms with Crippen molar-refractivity contribution in [1.82, 2.24) is 9.55 Å². The Labute approximate surface area is 93.4 Å². The largest absolute Gasteiger partial charge is 0.328 e. The minimum absolute atomic E-state index is 0.328. The Morgan fingerprint density at radius 3 is 2.81 bits per heavy atom. The van der Waals surface area contributed by atoms with Gasteiger partial charge in [0.15, 0.2) is 0 Å². The van der Waals surface area contributed by atoms with Gasteiger partial charge in [-0.05, 0) is 19.8 Å². The summed E-state index contributed by atoms with van der Waals surface area (Å²) in [6.07, 6.45) is 4.74. The van der Waals surface area contributed by atoms with Crippen LogP contribution in [0.15, 0.2) is 15.8 Å². The Bertz CT molecular complexity index is 493. The molecule has 0 saturated heterocycles. The van der Waals surface area contributed by atoms with Gasteiger partial charge in [-0.1, -0.05) is 6.42 Å². The molecular weight excluding hydrogens is 206 g/mol. The number of hydrogen-bond acceptors (Lipinski definition) is 3. The summed E-state index contributed by atoms with van der Waals surface area (Å²) in [4.78, 5) is 24.7. The third kappa shape index (κ3) is 3.39. The highest BCUT2D eigenvalue weighted by atomic mass is 16.2. The van der Waals surface area contributed by atoms with Crippen molar-refractivity contribution in [1.29, 1.82) is 5.26 Å². The maximum absolute atomic E-state index is 11.4. The van der Waals surface area contributed by atoms with Crippen LogP contribution in [0.4, 0.5) is 0 Å². The normalized spacial score (nSPS) is 10.0. The summed E-state index contributed by atoms with van der Waals surface area (Å²) < 4.78 is 1.50. The molecule has 0 aromatic carbocycles. The third-order valence-corrected chi connectivity index (χ3v) is 2.38. The molecule has 0 unspecified atom stereocenters. The van der Waals surface area contributed by atoms with Crippen LogP contribution in [-0.2, 0) is 6.54 Å². The quantitative estimate of drug-likeness (QED) is 0.751. The van der Waals surface area contributed by atoms with Gasteiger partial charge in [0.2, 0.25) is 0 Å². The van der Waals surface area contributed by atoms with E-state index in [-0.39, 0.29) is 11.2 Å². The molecule has 5 nitrogen and oxygen atoms in total. The molecule has 1 heterocycles. The van der Waals surface area contributed by atoms with Crippen molar-refractivity contribution < 1.29 is 0 Å². The molecular formula is C11H15N3O2. The Morgan fingerprint density at radius 2 is 2.12 bits per heavy atom. The molecule has 1 N–H and O–H groups in total. The molecule has 0 spiro atoms. The predicted molar refractivity (Wildman–Crippen MR) is 60.1 cm³/mol. The number of aromatic amines is 1. The fourth-order valence-corrected chi connectivity index (χ4v) is 1.45. The number of hydrogen-bond donors (Lipinski definition) is 1. The van der Waals surface area contributed by atoms with E-state index in [9.17, 15) is 9.59 Å². The molecule has 1 rings (SSSR count). The molecule has 16 heavy (non-hydrogen) atoms. The van der Waals surface area contributed by atoms with Crippen LogP contribution in [0.25, 0.3) is 0 Å². The smallest absolute Gasteiger partial charge is 0.300 e. The van der Waals surface area contributed by atoms with Crippen molar-refractivity contribution in [2.75, 3.05) is 0 Å². The van der Waals surface area contributed by atoms with Crippen molar-refractivity contribution in [3.63, 3.8) is 0 Å². The molecule has 0 fully saturated rings. The van der Waals surface area contributed by atoms with Crippen LogP contribution in [0, 0.1) is 18.3 Å². The number of aryl methyl sites for hydroxylation is 2. The first-order valence-electron chi connectivity index (χ1n) is 5.32. The molecule has 0 atom stereocenters. The van der Waals surface area contributed by atoms with Crippen LogP contribution >= 0.6 is 0 Å². The van der Waals surface area contributed by atoms with Gasteiger partial charge in [0.25, 0.3) is 5.56 Å². The van der Waals surface area contributed by atoms with E-state index < -0.39 is 0 Å². The molecule has 0 amide bonds. The Hall–Kier alpha value is -1.83. The topological polar surface area (TPSA) is 78.7 Å². The van der Waals surface area contributed by atoms with E-state index in [4.69, 9.17) is 5.26 Å². The van der Waals surface area contributed by atoms with Crippen molar-refractivity contribution in [2.45, 2.75) is 39.2 Å². The molecule has 5 heteroatoms. The van der Waals surface area contributed by atoms with Gasteiger partial charge in [-0.15, -0.1) is 0 Å². The number of unbranched alkanes of at least 4 members (excludes halogenated alkanes) is 3. The first kappa shape index (κ1) is 12.2. The molecule has 86 valence electrons. The van der Waals surface area contributed by atoms with E-state index >= 15 is 0 Å². The lowest BCUT2D eigenvalue weighted by molar-refractivity contribution is 0.565. The minimum atomic E-state index is -0.365. The van der Waals surface area contributed by atoms with Crippen molar-refractivity contribution >= 4 is 0 Å². The van der Waals surface area contributed by atoms with Gasteiger partial charge in [0, 0.05) is 24.7 Å². The van der Waals surface area contributed by atoms with Crippen molar-refractivity contribution in [3.05, 3.63) is 32.6 Å². The number of rotatable bonds is 5. The van der Waals surface area contributed by atoms with E-state index in [0.717, 1.165) is 19.3 Å². The summed E-state index contributed by atoms with van der Waals surface area (Å²) in [5.41, 5.74) is -0.154. The number of nitrogens with one attached hydrogen (secondary N) is 1. The molecule has 0 aliphatic carbocycles. The summed E-state index contributed by atoms with van der Waals surface area (Å²) >= 11 is 0. The Morgan fingerprint density at radius 1 is 1.38 bits per heavy atom. The van der Waals surface area contributed by atoms with Crippen LogP contribution in [-0.4, -0.2) is 9.55 Å². The molecule has 1 aromatic rings. The molecule has 1 aromatic heterocycles. The summed E-state index contributed by atoms with van der Waals surface area (Å²) in [5.74, 6) is 0. The standard InChI is InChI=1S/C11H15N3O2/c1-9-8-14(11(16)13-10(9)15)7-5-3-2-4-6-12/h8H,2-5,7H2,1H3,(H,13,15,16). The Kier molecular flexibility index (Phi) is 4.52. The second kappa shape index (κ2) is 5.91. The zero-order valence-electron chi connectivity index (χ0n) is 9.32. The number of aromatic nitrogens is 2. The van der Waals surface area contributed by atoms with E-state index in [1.54, 1.807) is 13.1 Å². The first-order valence-corrected chi connectivity index (χ1v) is 5.32. The lowest BCUT2D eigenvalue weighted by atomic mass is 10.2. The highest BCUT2D eigenvalue weighted by Crippen LogP contribution is 2.00. The maximum Gasteiger partial charge on any atom is 0.328 e. The van der Waals surface area contributed by atoms with Crippen LogP contribution in [0.5, 0.6) is 0 Å². The second-order valence-corrected chi connectivity index (χ2v) is 3.73. The van der Waals surface area contributed by atoms with Gasteiger partial charge in [-0.2, -0.15) is 5.26 Å². The summed E-state index contributed by atoms with van der Waals surface area (Å²) in [6.45, 7) is 2.26. The van der Waals surface area contributed by atoms with Gasteiger partial charge in [-0.3, -0.25) is 9.78 Å². The van der Waals surface area contributed by atoms with E-state index in [2.05, 4.69) is 11.1 Å². The zero-order chi connectivity index (χ0) is 12.0. The maximum atomic E-state index is 11.4. The summed E-state index contributed by atoms with van der Waals surface area (Å²) in [7, 11) is 0. The van der Waals surface area contributed by atoms with Crippen LogP contribution in [0.2, 0.25) is 0 Å². The van der Waals surface area contributed by atoms with E-state index in [0.29, 0.717) is 18.5 Å². The number of nitrogens with zero attached hydrogens (tertiary/aromatic N) is 2. The molecule has 0 bridgehead atoms. The summed E-state index contributed by atoms with van der Waals surface area (Å²) in [5, 5.41) is 8.35. The second-order valence-electron chi connectivity index (χ2n) is 3.73. The number of nitriles is 1. The van der Waals surface area contributed by atoms with Gasteiger partial charge < -0.3 is 4.57 Å². The fraction of sp³-hybridized carbons (Fsp3) is 0.545. The molecule has 0 saturated carbocycles. The van der Waals surface area contributed by atoms with Crippen molar-refractivity contribution in [3.8, 4) is 6.07 Å². The predicted octanol–water partition coefficient (Wildman–Crippen LogP) is 0.929. The molecule has 0 aliphatic heterocycles. The third-order valence-electron chi connectivity index (χ3n) is 2.38. The van der Waals surface area contributed by atoms with Crippen LogP contribution in [0.1, 0.15) is 31.2 Å². The average molecular weight is 221 g/mol. The van der Waals surface area contributed by atoms with Gasteiger partial charge >= 0.3 is 5.69 Å². The average Bonchev–Trinajstić information content (AvgIpc) is 2.25. The number of H-pyrrole nitrogens is 1. The van der Waals surface area contributed by atoms with E-state index in [1.807, 2.05) is 0 Å². The lowest BCUT2D eigenvalue weighted by Crippen LogP contribution is -2.30. The Balaban J connectivity index is 2.55. The van der Waals surface area contributed by atoms with Gasteiger partial charge in [0.1, 0.15) is 0 Å². The zero-order valence-corrected chi connectivity index (χ0v) is 9.32. The van der Waals surface area contributed by atoms with Gasteiger partial charge in [-0.25, -0.2) is 4.79 Å². The molecule has 0 radical (unpaired) electrons. The summed E-state index contributed by atoms with van der Waals surface area (Å²) in [6, 6.07) is 2.08. The van der Waals surface area contributed by atoms with Crippen LogP contribution in [0.3, 0.4) is 0 Å². The SMILES string of the molecule is Cc1cn(CCCCCC#N)c(=O)[nH]c1=O. The fourth-order valence-electron chi connectivity index (χ4n) is 1.45. The lowest BCUT2D eigenvalue weighted by Gasteiger charge is -2.04. The van der Waals surface area contributed by atoms with Crippen molar-refractivity contribution in [2.24, 2.45) is 0 Å². The first-order chi connectivity index (χ1) is 7.65. The highest BCUT2D eigenvalue weighted by molar-refractivity contribution is 5.00. The monoisotopic (exact) mass is 221 g/mol. The minimum Gasteiger partial charge on any atom is -0.300 e. The van der Waals surface area contributed by atoms with E-state index in [1.165, 1.54) is 4.57 Å². The van der Waals surface area contributed by atoms with Crippen LogP contribution < -0.4 is 11.2 Å². The molecule has 0 aliphatic rings. The van der Waals surface area contributed by atoms with Gasteiger partial charge in [0.05, 0.1) is 6.07 Å². The highest BCUT2D eigenvalue weighted by Gasteiger charge is 2.00.